The van der Waals surface area contributed by atoms with Crippen LogP contribution in [0.4, 0.5) is 0 Å². The lowest BCUT2D eigenvalue weighted by atomic mass is 10.2. The Hall–Kier alpha value is -1.14. The molecule has 1 atom stereocenters. The molecule has 1 aromatic rings. The molecule has 1 aliphatic carbocycles. The minimum atomic E-state index is 0.524. The lowest BCUT2D eigenvalue weighted by Crippen LogP contribution is -2.45. The van der Waals surface area contributed by atoms with Gasteiger partial charge in [-0.25, -0.2) is 9.98 Å². The Morgan fingerprint density at radius 1 is 1.39 bits per heavy atom. The van der Waals surface area contributed by atoms with Gasteiger partial charge in [-0.3, -0.25) is 4.90 Å². The number of aryl methyl sites for hydroxylation is 1. The normalized spacial score (nSPS) is 23.6. The predicted octanol–water partition coefficient (Wildman–Crippen LogP) is 2.52. The average molecular weight is 336 g/mol. The van der Waals surface area contributed by atoms with Crippen molar-refractivity contribution in [3.8, 4) is 0 Å². The van der Waals surface area contributed by atoms with Crippen LogP contribution < -0.4 is 10.6 Å². The van der Waals surface area contributed by atoms with E-state index >= 15 is 0 Å². The maximum Gasteiger partial charge on any atom is 0.191 e. The van der Waals surface area contributed by atoms with Crippen LogP contribution in [0.25, 0.3) is 0 Å². The summed E-state index contributed by atoms with van der Waals surface area (Å²) >= 11 is 1.69. The molecule has 2 fully saturated rings. The van der Waals surface area contributed by atoms with E-state index in [1.54, 1.807) is 11.3 Å². The number of thiazole rings is 1. The zero-order valence-corrected chi connectivity index (χ0v) is 15.2. The Morgan fingerprint density at radius 2 is 2.22 bits per heavy atom. The number of hydrogen-bond acceptors (Lipinski definition) is 4. The molecule has 2 N–H and O–H groups in total. The summed E-state index contributed by atoms with van der Waals surface area (Å²) in [5.74, 6) is 0.943. The molecule has 1 aromatic heterocycles. The first kappa shape index (κ1) is 16.7. The third-order valence-corrected chi connectivity index (χ3v) is 5.89. The third-order valence-electron chi connectivity index (χ3n) is 4.97. The molecule has 5 nitrogen and oxygen atoms in total. The number of likely N-dealkylation sites (tertiary alicyclic amines) is 1. The summed E-state index contributed by atoms with van der Waals surface area (Å²) in [4.78, 5) is 13.0. The molecule has 2 aliphatic rings. The third kappa shape index (κ3) is 4.44. The highest BCUT2D eigenvalue weighted by Crippen LogP contribution is 2.26. The zero-order chi connectivity index (χ0) is 16.1. The van der Waals surface area contributed by atoms with Crippen LogP contribution in [0, 0.1) is 6.92 Å². The highest BCUT2D eigenvalue weighted by atomic mass is 32.1. The van der Waals surface area contributed by atoms with E-state index in [0.717, 1.165) is 30.8 Å². The van der Waals surface area contributed by atoms with Gasteiger partial charge in [-0.1, -0.05) is 12.8 Å². The summed E-state index contributed by atoms with van der Waals surface area (Å²) in [5.41, 5.74) is 3.00. The molecule has 0 radical (unpaired) electrons. The minimum absolute atomic E-state index is 0.524. The fourth-order valence-electron chi connectivity index (χ4n) is 3.65. The Morgan fingerprint density at radius 3 is 2.91 bits per heavy atom. The van der Waals surface area contributed by atoms with Crippen LogP contribution in [0.15, 0.2) is 10.5 Å². The van der Waals surface area contributed by atoms with Crippen molar-refractivity contribution in [2.75, 3.05) is 19.6 Å². The van der Waals surface area contributed by atoms with Gasteiger partial charge in [0.15, 0.2) is 5.96 Å². The van der Waals surface area contributed by atoms with E-state index in [0.29, 0.717) is 12.6 Å². The lowest BCUT2D eigenvalue weighted by Gasteiger charge is -2.24. The molecule has 23 heavy (non-hydrogen) atoms. The standard InChI is InChI=1S/C17H29N5S/c1-3-18-17(19-10-16-13(2)20-12-23-16)21-14-8-9-22(11-14)15-6-4-5-7-15/h12,14-15H,3-11H2,1-2H3,(H2,18,19,21). The highest BCUT2D eigenvalue weighted by molar-refractivity contribution is 7.09. The highest BCUT2D eigenvalue weighted by Gasteiger charge is 2.30. The summed E-state index contributed by atoms with van der Waals surface area (Å²) in [6, 6.07) is 1.36. The van der Waals surface area contributed by atoms with Crippen LogP contribution >= 0.6 is 11.3 Å². The number of aliphatic imine (C=N–C) groups is 1. The maximum atomic E-state index is 4.75. The van der Waals surface area contributed by atoms with Crippen LogP contribution in [-0.4, -0.2) is 47.6 Å². The SMILES string of the molecule is CCNC(=NCc1scnc1C)NC1CCN(C2CCCC2)C1. The van der Waals surface area contributed by atoms with Gasteiger partial charge in [-0.2, -0.15) is 0 Å². The van der Waals surface area contributed by atoms with Crippen molar-refractivity contribution < 1.29 is 0 Å². The number of hydrogen-bond donors (Lipinski definition) is 2. The lowest BCUT2D eigenvalue weighted by molar-refractivity contribution is 0.242. The van der Waals surface area contributed by atoms with Crippen molar-refractivity contribution in [1.29, 1.82) is 0 Å². The van der Waals surface area contributed by atoms with Crippen molar-refractivity contribution in [3.05, 3.63) is 16.1 Å². The topological polar surface area (TPSA) is 52.6 Å². The molecule has 0 spiro atoms. The van der Waals surface area contributed by atoms with E-state index in [1.807, 2.05) is 5.51 Å². The number of rotatable bonds is 5. The van der Waals surface area contributed by atoms with E-state index in [-0.39, 0.29) is 0 Å². The Balaban J connectivity index is 1.53. The van der Waals surface area contributed by atoms with Gasteiger partial charge in [-0.05, 0) is 33.1 Å². The maximum absolute atomic E-state index is 4.75. The molecule has 0 bridgehead atoms. The summed E-state index contributed by atoms with van der Waals surface area (Å²) in [6.45, 7) is 8.18. The minimum Gasteiger partial charge on any atom is -0.357 e. The second-order valence-electron chi connectivity index (χ2n) is 6.62. The smallest absolute Gasteiger partial charge is 0.191 e. The van der Waals surface area contributed by atoms with E-state index in [2.05, 4.69) is 34.4 Å². The van der Waals surface area contributed by atoms with Crippen molar-refractivity contribution in [1.82, 2.24) is 20.5 Å². The van der Waals surface area contributed by atoms with Crippen LogP contribution in [0.2, 0.25) is 0 Å². The van der Waals surface area contributed by atoms with Crippen LogP contribution in [0.1, 0.15) is 49.6 Å². The summed E-state index contributed by atoms with van der Waals surface area (Å²) in [6.07, 6.45) is 6.84. The molecule has 0 aromatic carbocycles. The fraction of sp³-hybridized carbons (Fsp3) is 0.765. The van der Waals surface area contributed by atoms with Gasteiger partial charge in [0, 0.05) is 36.6 Å². The summed E-state index contributed by atoms with van der Waals surface area (Å²) < 4.78 is 0. The molecule has 1 aliphatic heterocycles. The molecule has 128 valence electrons. The van der Waals surface area contributed by atoms with Crippen LogP contribution in [0.3, 0.4) is 0 Å². The molecular weight excluding hydrogens is 306 g/mol. The molecule has 0 amide bonds. The quantitative estimate of drug-likeness (QED) is 0.641. The van der Waals surface area contributed by atoms with E-state index in [9.17, 15) is 0 Å². The molecule has 1 saturated carbocycles. The Bertz CT molecular complexity index is 521. The molecule has 6 heteroatoms. The summed E-state index contributed by atoms with van der Waals surface area (Å²) in [7, 11) is 0. The molecule has 1 saturated heterocycles. The number of aromatic nitrogens is 1. The number of guanidine groups is 1. The average Bonchev–Trinajstić information content (AvgIpc) is 3.26. The first-order chi connectivity index (χ1) is 11.3. The van der Waals surface area contributed by atoms with E-state index in [4.69, 9.17) is 4.99 Å². The van der Waals surface area contributed by atoms with Crippen molar-refractivity contribution >= 4 is 17.3 Å². The van der Waals surface area contributed by atoms with Gasteiger partial charge in [0.1, 0.15) is 0 Å². The molecule has 2 heterocycles. The number of nitrogens with one attached hydrogen (secondary N) is 2. The van der Waals surface area contributed by atoms with Gasteiger partial charge >= 0.3 is 0 Å². The second-order valence-corrected chi connectivity index (χ2v) is 7.56. The summed E-state index contributed by atoms with van der Waals surface area (Å²) in [5, 5.41) is 7.01. The first-order valence-electron chi connectivity index (χ1n) is 8.94. The Labute approximate surface area is 143 Å². The second kappa shape index (κ2) is 8.11. The van der Waals surface area contributed by atoms with E-state index in [1.165, 1.54) is 43.5 Å². The van der Waals surface area contributed by atoms with Crippen molar-refractivity contribution in [3.63, 3.8) is 0 Å². The fourth-order valence-corrected chi connectivity index (χ4v) is 4.35. The number of nitrogens with zero attached hydrogens (tertiary/aromatic N) is 3. The molecular formula is C17H29N5S. The van der Waals surface area contributed by atoms with Gasteiger partial charge in [0.25, 0.3) is 0 Å². The first-order valence-corrected chi connectivity index (χ1v) is 9.82. The van der Waals surface area contributed by atoms with E-state index < -0.39 is 0 Å². The molecule has 3 rings (SSSR count). The van der Waals surface area contributed by atoms with Gasteiger partial charge in [0.05, 0.1) is 17.7 Å². The molecule has 1 unspecified atom stereocenters. The predicted molar refractivity (Wildman–Crippen MR) is 97.0 cm³/mol. The Kier molecular flexibility index (Phi) is 5.89. The van der Waals surface area contributed by atoms with Gasteiger partial charge < -0.3 is 10.6 Å². The van der Waals surface area contributed by atoms with Crippen LogP contribution in [0.5, 0.6) is 0 Å². The van der Waals surface area contributed by atoms with Crippen molar-refractivity contribution in [2.24, 2.45) is 4.99 Å². The van der Waals surface area contributed by atoms with Crippen molar-refractivity contribution in [2.45, 2.75) is 64.6 Å². The zero-order valence-electron chi connectivity index (χ0n) is 14.3. The largest absolute Gasteiger partial charge is 0.357 e. The van der Waals surface area contributed by atoms with Crippen LogP contribution in [-0.2, 0) is 6.54 Å². The monoisotopic (exact) mass is 335 g/mol. The van der Waals surface area contributed by atoms with Gasteiger partial charge in [0.2, 0.25) is 0 Å². The van der Waals surface area contributed by atoms with Gasteiger partial charge in [-0.15, -0.1) is 11.3 Å².